The topological polar surface area (TPSA) is 33.1 Å². The molecule has 3 heteroatoms. The Kier molecular flexibility index (Phi) is 3.70. The molecule has 0 saturated carbocycles. The lowest BCUT2D eigenvalue weighted by molar-refractivity contribution is 0.480. The van der Waals surface area contributed by atoms with Crippen LogP contribution in [0.25, 0.3) is 10.9 Å². The fourth-order valence-corrected chi connectivity index (χ4v) is 2.50. The number of hydrogen-bond donors (Lipinski definition) is 1. The van der Waals surface area contributed by atoms with E-state index in [9.17, 15) is 5.11 Å². The first kappa shape index (κ1) is 13.1. The number of fused-ring (bicyclic) bond motifs is 1. The minimum Gasteiger partial charge on any atom is -0.506 e. The number of phenolic OH excluding ortho intramolecular Hbond substituents is 1. The van der Waals surface area contributed by atoms with Gasteiger partial charge < -0.3 is 5.11 Å². The van der Waals surface area contributed by atoms with E-state index in [1.54, 1.807) is 6.07 Å². The number of pyridine rings is 1. The first-order chi connectivity index (χ1) is 9.72. The standard InChI is InChI=1S/C17H14BrNO/c18-14-8-4-12(5-9-14)6-10-15-11-7-13-2-1-3-16(20)17(13)19-15/h1-5,7-9,11,20H,6,10H2. The van der Waals surface area contributed by atoms with Crippen molar-refractivity contribution >= 4 is 26.8 Å². The summed E-state index contributed by atoms with van der Waals surface area (Å²) < 4.78 is 1.09. The van der Waals surface area contributed by atoms with Gasteiger partial charge in [-0.1, -0.05) is 46.3 Å². The zero-order chi connectivity index (χ0) is 13.9. The Hall–Kier alpha value is -1.87. The maximum Gasteiger partial charge on any atom is 0.141 e. The molecule has 0 atom stereocenters. The summed E-state index contributed by atoms with van der Waals surface area (Å²) in [7, 11) is 0. The van der Waals surface area contributed by atoms with Gasteiger partial charge in [-0.2, -0.15) is 0 Å². The number of aromatic hydroxyl groups is 1. The minimum absolute atomic E-state index is 0.244. The van der Waals surface area contributed by atoms with Gasteiger partial charge in [0.25, 0.3) is 0 Å². The van der Waals surface area contributed by atoms with Crippen molar-refractivity contribution in [2.24, 2.45) is 0 Å². The molecule has 0 fully saturated rings. The van der Waals surface area contributed by atoms with Crippen LogP contribution < -0.4 is 0 Å². The van der Waals surface area contributed by atoms with Crippen LogP contribution >= 0.6 is 15.9 Å². The number of hydrogen-bond acceptors (Lipinski definition) is 2. The summed E-state index contributed by atoms with van der Waals surface area (Å²) in [5.41, 5.74) is 2.97. The fraction of sp³-hybridized carbons (Fsp3) is 0.118. The van der Waals surface area contributed by atoms with Crippen molar-refractivity contribution in [2.75, 3.05) is 0 Å². The largest absolute Gasteiger partial charge is 0.506 e. The highest BCUT2D eigenvalue weighted by atomic mass is 79.9. The summed E-state index contributed by atoms with van der Waals surface area (Å²) >= 11 is 3.44. The molecule has 0 aliphatic heterocycles. The molecule has 3 aromatic rings. The third-order valence-corrected chi connectivity index (χ3v) is 3.87. The van der Waals surface area contributed by atoms with Gasteiger partial charge in [0, 0.05) is 15.6 Å². The van der Waals surface area contributed by atoms with Gasteiger partial charge in [-0.3, -0.25) is 0 Å². The third-order valence-electron chi connectivity index (χ3n) is 3.34. The van der Waals surface area contributed by atoms with E-state index >= 15 is 0 Å². The predicted molar refractivity (Wildman–Crippen MR) is 85.0 cm³/mol. The lowest BCUT2D eigenvalue weighted by Crippen LogP contribution is -1.95. The van der Waals surface area contributed by atoms with Crippen molar-refractivity contribution in [3.8, 4) is 5.75 Å². The van der Waals surface area contributed by atoms with Crippen LogP contribution in [0.2, 0.25) is 0 Å². The Morgan fingerprint density at radius 1 is 0.900 bits per heavy atom. The third kappa shape index (κ3) is 2.83. The minimum atomic E-state index is 0.244. The summed E-state index contributed by atoms with van der Waals surface area (Å²) in [6.07, 6.45) is 1.81. The first-order valence-electron chi connectivity index (χ1n) is 6.54. The Balaban J connectivity index is 1.81. The normalized spacial score (nSPS) is 10.8. The van der Waals surface area contributed by atoms with Gasteiger partial charge in [-0.25, -0.2) is 4.98 Å². The van der Waals surface area contributed by atoms with E-state index in [0.29, 0.717) is 5.52 Å². The molecule has 0 bridgehead atoms. The van der Waals surface area contributed by atoms with E-state index in [4.69, 9.17) is 0 Å². The SMILES string of the molecule is Oc1cccc2ccc(CCc3ccc(Br)cc3)nc12. The van der Waals surface area contributed by atoms with Crippen LogP contribution in [0.1, 0.15) is 11.3 Å². The number of halogens is 1. The molecule has 0 aliphatic rings. The van der Waals surface area contributed by atoms with Crippen LogP contribution in [-0.2, 0) is 12.8 Å². The summed E-state index contributed by atoms with van der Waals surface area (Å²) in [4.78, 5) is 4.55. The number of benzene rings is 2. The number of rotatable bonds is 3. The van der Waals surface area contributed by atoms with Gasteiger partial charge in [-0.15, -0.1) is 0 Å². The number of aryl methyl sites for hydroxylation is 2. The van der Waals surface area contributed by atoms with E-state index in [1.807, 2.05) is 24.3 Å². The van der Waals surface area contributed by atoms with Gasteiger partial charge in [0.2, 0.25) is 0 Å². The van der Waals surface area contributed by atoms with Crippen molar-refractivity contribution < 1.29 is 5.11 Å². The van der Waals surface area contributed by atoms with Crippen molar-refractivity contribution in [3.63, 3.8) is 0 Å². The maximum absolute atomic E-state index is 9.84. The van der Waals surface area contributed by atoms with Gasteiger partial charge >= 0.3 is 0 Å². The predicted octanol–water partition coefficient (Wildman–Crippen LogP) is 4.49. The van der Waals surface area contributed by atoms with E-state index in [0.717, 1.165) is 28.4 Å². The van der Waals surface area contributed by atoms with Gasteiger partial charge in [0.05, 0.1) is 0 Å². The second kappa shape index (κ2) is 5.63. The number of para-hydroxylation sites is 1. The molecular formula is C17H14BrNO. The molecule has 0 unspecified atom stereocenters. The van der Waals surface area contributed by atoms with Crippen molar-refractivity contribution in [2.45, 2.75) is 12.8 Å². The van der Waals surface area contributed by atoms with E-state index in [2.05, 4.69) is 45.2 Å². The Labute approximate surface area is 126 Å². The smallest absolute Gasteiger partial charge is 0.141 e. The van der Waals surface area contributed by atoms with Gasteiger partial charge in [-0.05, 0) is 42.7 Å². The Morgan fingerprint density at radius 3 is 2.50 bits per heavy atom. The fourth-order valence-electron chi connectivity index (χ4n) is 2.23. The van der Waals surface area contributed by atoms with Crippen LogP contribution in [0.5, 0.6) is 5.75 Å². The molecular weight excluding hydrogens is 314 g/mol. The average molecular weight is 328 g/mol. The quantitative estimate of drug-likeness (QED) is 0.768. The number of nitrogens with zero attached hydrogens (tertiary/aromatic N) is 1. The van der Waals surface area contributed by atoms with Crippen LogP contribution in [0, 0.1) is 0 Å². The van der Waals surface area contributed by atoms with Crippen LogP contribution in [0.3, 0.4) is 0 Å². The van der Waals surface area contributed by atoms with Crippen LogP contribution in [-0.4, -0.2) is 10.1 Å². The molecule has 2 nitrogen and oxygen atoms in total. The van der Waals surface area contributed by atoms with Gasteiger partial charge in [0.1, 0.15) is 11.3 Å². The summed E-state index contributed by atoms with van der Waals surface area (Å²) in [5.74, 6) is 0.244. The monoisotopic (exact) mass is 327 g/mol. The summed E-state index contributed by atoms with van der Waals surface area (Å²) in [6, 6.07) is 17.8. The van der Waals surface area contributed by atoms with E-state index < -0.39 is 0 Å². The Morgan fingerprint density at radius 2 is 1.70 bits per heavy atom. The van der Waals surface area contributed by atoms with E-state index in [1.165, 1.54) is 5.56 Å². The first-order valence-corrected chi connectivity index (χ1v) is 7.34. The highest BCUT2D eigenvalue weighted by Crippen LogP contribution is 2.22. The highest BCUT2D eigenvalue weighted by Gasteiger charge is 2.03. The molecule has 0 radical (unpaired) electrons. The summed E-state index contributed by atoms with van der Waals surface area (Å²) in [5, 5.41) is 10.8. The molecule has 0 amide bonds. The second-order valence-electron chi connectivity index (χ2n) is 4.78. The van der Waals surface area contributed by atoms with Crippen LogP contribution in [0.15, 0.2) is 59.1 Å². The van der Waals surface area contributed by atoms with Crippen molar-refractivity contribution in [3.05, 3.63) is 70.3 Å². The maximum atomic E-state index is 9.84. The molecule has 2 aromatic carbocycles. The highest BCUT2D eigenvalue weighted by molar-refractivity contribution is 9.10. The number of aromatic nitrogens is 1. The molecule has 3 rings (SSSR count). The Bertz CT molecular complexity index is 738. The molecule has 0 aliphatic carbocycles. The van der Waals surface area contributed by atoms with Crippen molar-refractivity contribution in [1.29, 1.82) is 0 Å². The van der Waals surface area contributed by atoms with Crippen LogP contribution in [0.4, 0.5) is 0 Å². The van der Waals surface area contributed by atoms with Gasteiger partial charge in [0.15, 0.2) is 0 Å². The molecule has 1 N–H and O–H groups in total. The zero-order valence-corrected chi connectivity index (χ0v) is 12.5. The second-order valence-corrected chi connectivity index (χ2v) is 5.69. The average Bonchev–Trinajstić information content (AvgIpc) is 2.47. The molecule has 20 heavy (non-hydrogen) atoms. The zero-order valence-electron chi connectivity index (χ0n) is 10.9. The lowest BCUT2D eigenvalue weighted by Gasteiger charge is -2.05. The molecule has 0 saturated heterocycles. The molecule has 0 spiro atoms. The number of phenols is 1. The molecule has 1 heterocycles. The molecule has 1 aromatic heterocycles. The van der Waals surface area contributed by atoms with E-state index in [-0.39, 0.29) is 5.75 Å². The molecule has 100 valence electrons. The summed E-state index contributed by atoms with van der Waals surface area (Å²) in [6.45, 7) is 0. The van der Waals surface area contributed by atoms with Crippen molar-refractivity contribution in [1.82, 2.24) is 4.98 Å². The lowest BCUT2D eigenvalue weighted by atomic mass is 10.1.